The van der Waals surface area contributed by atoms with Crippen molar-refractivity contribution in [1.82, 2.24) is 15.5 Å². The number of likely N-dealkylation sites (tertiary alicyclic amines) is 1. The molecule has 23 heavy (non-hydrogen) atoms. The largest absolute Gasteiger partial charge is 0.357 e. The van der Waals surface area contributed by atoms with E-state index in [1.807, 2.05) is 11.3 Å². The van der Waals surface area contributed by atoms with Crippen LogP contribution in [0.3, 0.4) is 0 Å². The first kappa shape index (κ1) is 18.3. The molecular weight excluding hydrogens is 304 g/mol. The summed E-state index contributed by atoms with van der Waals surface area (Å²) in [6.45, 7) is 8.35. The highest BCUT2D eigenvalue weighted by Gasteiger charge is 2.30. The van der Waals surface area contributed by atoms with Gasteiger partial charge < -0.3 is 10.6 Å². The van der Waals surface area contributed by atoms with Crippen molar-refractivity contribution >= 4 is 17.3 Å². The van der Waals surface area contributed by atoms with Crippen LogP contribution in [-0.4, -0.2) is 44.1 Å². The predicted octanol–water partition coefficient (Wildman–Crippen LogP) is 3.49. The first-order valence-corrected chi connectivity index (χ1v) is 9.90. The number of nitrogens with one attached hydrogen (secondary N) is 2. The maximum absolute atomic E-state index is 4.88. The van der Waals surface area contributed by atoms with E-state index in [9.17, 15) is 0 Å². The normalized spacial score (nSPS) is 23.0. The van der Waals surface area contributed by atoms with Gasteiger partial charge in [0.2, 0.25) is 0 Å². The van der Waals surface area contributed by atoms with E-state index in [4.69, 9.17) is 4.99 Å². The summed E-state index contributed by atoms with van der Waals surface area (Å²) in [5.41, 5.74) is 0. The zero-order valence-corrected chi connectivity index (χ0v) is 15.7. The number of hydrogen-bond acceptors (Lipinski definition) is 3. The molecule has 1 aliphatic rings. The molecule has 0 amide bonds. The summed E-state index contributed by atoms with van der Waals surface area (Å²) in [6.07, 6.45) is 4.94. The molecule has 2 atom stereocenters. The van der Waals surface area contributed by atoms with Gasteiger partial charge in [0.05, 0.1) is 0 Å². The second kappa shape index (κ2) is 9.93. The fraction of sp³-hybridized carbons (Fsp3) is 0.722. The maximum Gasteiger partial charge on any atom is 0.191 e. The number of piperidine rings is 1. The molecule has 2 N–H and O–H groups in total. The average molecular weight is 337 g/mol. The topological polar surface area (TPSA) is 39.7 Å². The molecule has 0 radical (unpaired) electrons. The Morgan fingerprint density at radius 2 is 2.26 bits per heavy atom. The monoisotopic (exact) mass is 336 g/mol. The molecule has 0 aliphatic carbocycles. The molecule has 5 heteroatoms. The zero-order chi connectivity index (χ0) is 16.5. The van der Waals surface area contributed by atoms with E-state index in [0.717, 1.165) is 25.6 Å². The zero-order valence-electron chi connectivity index (χ0n) is 14.8. The molecule has 130 valence electrons. The van der Waals surface area contributed by atoms with Crippen LogP contribution in [0.5, 0.6) is 0 Å². The van der Waals surface area contributed by atoms with Crippen molar-refractivity contribution in [2.45, 2.75) is 45.6 Å². The van der Waals surface area contributed by atoms with Gasteiger partial charge in [0.15, 0.2) is 5.96 Å². The molecule has 0 bridgehead atoms. The number of nitrogens with zero attached hydrogens (tertiary/aromatic N) is 2. The highest BCUT2D eigenvalue weighted by Crippen LogP contribution is 2.37. The lowest BCUT2D eigenvalue weighted by atomic mass is 9.88. The van der Waals surface area contributed by atoms with Gasteiger partial charge in [-0.3, -0.25) is 9.89 Å². The molecule has 0 saturated carbocycles. The number of aliphatic imine (C=N–C) groups is 1. The van der Waals surface area contributed by atoms with Crippen LogP contribution < -0.4 is 10.6 Å². The summed E-state index contributed by atoms with van der Waals surface area (Å²) < 4.78 is 0. The number of hydrogen-bond donors (Lipinski definition) is 2. The molecule has 2 unspecified atom stereocenters. The fourth-order valence-electron chi connectivity index (χ4n) is 3.29. The molecule has 1 saturated heterocycles. The molecule has 1 aliphatic heterocycles. The number of guanidine groups is 1. The molecule has 0 aromatic carbocycles. The molecule has 1 aromatic rings. The van der Waals surface area contributed by atoms with Crippen molar-refractivity contribution in [1.29, 1.82) is 0 Å². The SMILES string of the molecule is CCCCNC(=NCC1CCCN(C)C1c1cccs1)NCC. The second-order valence-corrected chi connectivity index (χ2v) is 7.32. The van der Waals surface area contributed by atoms with Crippen molar-refractivity contribution in [2.75, 3.05) is 33.2 Å². The van der Waals surface area contributed by atoms with Gasteiger partial charge in [0.1, 0.15) is 0 Å². The lowest BCUT2D eigenvalue weighted by Gasteiger charge is -2.38. The Hall–Kier alpha value is -1.07. The molecule has 2 rings (SSSR count). The second-order valence-electron chi connectivity index (χ2n) is 6.34. The van der Waals surface area contributed by atoms with E-state index in [1.54, 1.807) is 0 Å². The van der Waals surface area contributed by atoms with Gasteiger partial charge in [-0.2, -0.15) is 0 Å². The highest BCUT2D eigenvalue weighted by atomic mass is 32.1. The quantitative estimate of drug-likeness (QED) is 0.455. The third-order valence-corrected chi connectivity index (χ3v) is 5.44. The molecular formula is C18H32N4S. The van der Waals surface area contributed by atoms with E-state index >= 15 is 0 Å². The Morgan fingerprint density at radius 3 is 2.96 bits per heavy atom. The van der Waals surface area contributed by atoms with Gasteiger partial charge in [-0.05, 0) is 57.1 Å². The summed E-state index contributed by atoms with van der Waals surface area (Å²) in [6, 6.07) is 4.96. The van der Waals surface area contributed by atoms with E-state index in [0.29, 0.717) is 12.0 Å². The third kappa shape index (κ3) is 5.50. The average Bonchev–Trinajstić information content (AvgIpc) is 3.06. The lowest BCUT2D eigenvalue weighted by molar-refractivity contribution is 0.128. The van der Waals surface area contributed by atoms with Gasteiger partial charge in [0.25, 0.3) is 0 Å². The van der Waals surface area contributed by atoms with Crippen molar-refractivity contribution in [3.63, 3.8) is 0 Å². The van der Waals surface area contributed by atoms with Crippen LogP contribution in [0.25, 0.3) is 0 Å². The lowest BCUT2D eigenvalue weighted by Crippen LogP contribution is -2.40. The van der Waals surface area contributed by atoms with Crippen molar-refractivity contribution in [2.24, 2.45) is 10.9 Å². The summed E-state index contributed by atoms with van der Waals surface area (Å²) >= 11 is 1.88. The Bertz CT molecular complexity index is 458. The minimum Gasteiger partial charge on any atom is -0.357 e. The van der Waals surface area contributed by atoms with Gasteiger partial charge in [-0.1, -0.05) is 19.4 Å². The Balaban J connectivity index is 2.00. The Morgan fingerprint density at radius 1 is 1.39 bits per heavy atom. The van der Waals surface area contributed by atoms with Crippen LogP contribution in [-0.2, 0) is 0 Å². The molecule has 2 heterocycles. The molecule has 0 spiro atoms. The number of thiophene rings is 1. The highest BCUT2D eigenvalue weighted by molar-refractivity contribution is 7.10. The van der Waals surface area contributed by atoms with Gasteiger partial charge >= 0.3 is 0 Å². The van der Waals surface area contributed by atoms with E-state index in [-0.39, 0.29) is 0 Å². The molecule has 1 fully saturated rings. The first-order valence-electron chi connectivity index (χ1n) is 9.02. The van der Waals surface area contributed by atoms with Gasteiger partial charge in [-0.25, -0.2) is 0 Å². The summed E-state index contributed by atoms with van der Waals surface area (Å²) in [5, 5.41) is 9.01. The predicted molar refractivity (Wildman–Crippen MR) is 101 cm³/mol. The van der Waals surface area contributed by atoms with Gasteiger partial charge in [0, 0.05) is 30.6 Å². The van der Waals surface area contributed by atoms with Crippen LogP contribution in [0.4, 0.5) is 0 Å². The summed E-state index contributed by atoms with van der Waals surface area (Å²) in [5.74, 6) is 1.58. The van der Waals surface area contributed by atoms with E-state index in [2.05, 4.69) is 53.9 Å². The van der Waals surface area contributed by atoms with E-state index in [1.165, 1.54) is 37.1 Å². The van der Waals surface area contributed by atoms with Crippen molar-refractivity contribution < 1.29 is 0 Å². The standard InChI is InChI=1S/C18H32N4S/c1-4-6-11-20-18(19-5-2)21-14-15-9-7-12-22(3)17(15)16-10-8-13-23-16/h8,10,13,15,17H,4-7,9,11-12,14H2,1-3H3,(H2,19,20,21). The fourth-order valence-corrected chi connectivity index (χ4v) is 4.28. The molecule has 1 aromatic heterocycles. The van der Waals surface area contributed by atoms with Crippen LogP contribution in [0, 0.1) is 5.92 Å². The van der Waals surface area contributed by atoms with Crippen LogP contribution in [0.1, 0.15) is 50.4 Å². The Labute approximate surface area is 145 Å². The number of unbranched alkanes of at least 4 members (excludes halogenated alkanes) is 1. The maximum atomic E-state index is 4.88. The van der Waals surface area contributed by atoms with Crippen molar-refractivity contribution in [3.05, 3.63) is 22.4 Å². The minimum absolute atomic E-state index is 0.519. The smallest absolute Gasteiger partial charge is 0.191 e. The summed E-state index contributed by atoms with van der Waals surface area (Å²) in [4.78, 5) is 8.87. The van der Waals surface area contributed by atoms with Gasteiger partial charge in [-0.15, -0.1) is 11.3 Å². The summed E-state index contributed by atoms with van der Waals surface area (Å²) in [7, 11) is 2.25. The number of rotatable bonds is 7. The van der Waals surface area contributed by atoms with Crippen LogP contribution >= 0.6 is 11.3 Å². The van der Waals surface area contributed by atoms with Crippen LogP contribution in [0.15, 0.2) is 22.5 Å². The Kier molecular flexibility index (Phi) is 7.89. The minimum atomic E-state index is 0.519. The van der Waals surface area contributed by atoms with Crippen LogP contribution in [0.2, 0.25) is 0 Å². The van der Waals surface area contributed by atoms with Crippen molar-refractivity contribution in [3.8, 4) is 0 Å². The first-order chi connectivity index (χ1) is 11.3. The molecule has 4 nitrogen and oxygen atoms in total. The van der Waals surface area contributed by atoms with E-state index < -0.39 is 0 Å². The third-order valence-electron chi connectivity index (χ3n) is 4.49.